The maximum Gasteiger partial charge on any atom is 0.156 e. The van der Waals surface area contributed by atoms with Crippen molar-refractivity contribution in [1.29, 1.82) is 0 Å². The average molecular weight is 201 g/mol. The van der Waals surface area contributed by atoms with E-state index in [0.29, 0.717) is 5.17 Å². The van der Waals surface area contributed by atoms with Crippen molar-refractivity contribution >= 4 is 22.9 Å². The molecule has 1 rings (SSSR count). The fourth-order valence-electron chi connectivity index (χ4n) is 0.936. The van der Waals surface area contributed by atoms with Gasteiger partial charge in [-0.1, -0.05) is 25.6 Å². The number of carboxylic acid groups (broad SMARTS) is 1. The van der Waals surface area contributed by atoms with Gasteiger partial charge in [-0.2, -0.15) is 0 Å². The van der Waals surface area contributed by atoms with Gasteiger partial charge in [-0.05, 0) is 0 Å². The Morgan fingerprint density at radius 3 is 2.92 bits per heavy atom. The monoisotopic (exact) mass is 201 g/mol. The van der Waals surface area contributed by atoms with Crippen LogP contribution in [0.1, 0.15) is 13.8 Å². The Morgan fingerprint density at radius 1 is 1.77 bits per heavy atom. The molecule has 0 aliphatic carbocycles. The zero-order valence-electron chi connectivity index (χ0n) is 7.79. The molecule has 0 amide bonds. The maximum absolute atomic E-state index is 10.2. The highest BCUT2D eigenvalue weighted by Gasteiger charge is 2.22. The minimum absolute atomic E-state index is 0.0355. The summed E-state index contributed by atoms with van der Waals surface area (Å²) in [6, 6.07) is 0. The molecule has 0 unspecified atom stereocenters. The second-order valence-electron chi connectivity index (χ2n) is 3.80. The Balaban J connectivity index is 2.38. The Labute approximate surface area is 81.8 Å². The fraction of sp³-hybridized carbons (Fsp3) is 0.750. The molecule has 1 N–H and O–H groups in total. The summed E-state index contributed by atoms with van der Waals surface area (Å²) in [5, 5.41) is 14.0. The van der Waals surface area contributed by atoms with Gasteiger partial charge >= 0.3 is 0 Å². The van der Waals surface area contributed by atoms with E-state index in [2.05, 4.69) is 24.2 Å². The molecule has 0 fully saturated rings. The number of nitrogens with zero attached hydrogens (tertiary/aromatic N) is 1. The molecular formula is C8H13N2O2S-. The number of hydrogen-bond acceptors (Lipinski definition) is 5. The molecule has 5 heteroatoms. The number of nitrogens with one attached hydrogen (secondary N) is 1. The lowest BCUT2D eigenvalue weighted by atomic mass is 9.93. The predicted octanol–water partition coefficient (Wildman–Crippen LogP) is -0.545. The van der Waals surface area contributed by atoms with Crippen LogP contribution in [-0.4, -0.2) is 30.0 Å². The highest BCUT2D eigenvalue weighted by molar-refractivity contribution is 8.14. The van der Waals surface area contributed by atoms with Gasteiger partial charge in [-0.25, -0.2) is 0 Å². The highest BCUT2D eigenvalue weighted by Crippen LogP contribution is 2.19. The van der Waals surface area contributed by atoms with Crippen molar-refractivity contribution in [1.82, 2.24) is 5.32 Å². The Bertz CT molecular complexity index is 238. The standard InChI is InChI=1S/C8H14N2O2S/c1-8(2)4-9-7(10-5-8)13-3-6(11)12/h3-5H2,1-2H3,(H,9,10)(H,11,12)/p-1. The first-order valence-electron chi connectivity index (χ1n) is 4.11. The minimum Gasteiger partial charge on any atom is -0.549 e. The zero-order valence-corrected chi connectivity index (χ0v) is 8.61. The average Bonchev–Trinajstić information content (AvgIpc) is 2.02. The van der Waals surface area contributed by atoms with E-state index in [9.17, 15) is 9.90 Å². The van der Waals surface area contributed by atoms with Crippen LogP contribution < -0.4 is 10.4 Å². The number of aliphatic imine (C=N–C) groups is 1. The quantitative estimate of drug-likeness (QED) is 0.651. The van der Waals surface area contributed by atoms with Gasteiger partial charge in [-0.15, -0.1) is 0 Å². The van der Waals surface area contributed by atoms with Crippen LogP contribution in [0.5, 0.6) is 0 Å². The third kappa shape index (κ3) is 3.67. The topological polar surface area (TPSA) is 64.5 Å². The minimum atomic E-state index is -1.06. The third-order valence-electron chi connectivity index (χ3n) is 1.70. The lowest BCUT2D eigenvalue weighted by Crippen LogP contribution is -2.40. The van der Waals surface area contributed by atoms with Crippen molar-refractivity contribution in [3.8, 4) is 0 Å². The van der Waals surface area contributed by atoms with Gasteiger partial charge in [0.15, 0.2) is 5.17 Å². The van der Waals surface area contributed by atoms with Gasteiger partial charge < -0.3 is 15.2 Å². The van der Waals surface area contributed by atoms with Crippen LogP contribution in [0.15, 0.2) is 4.99 Å². The number of hydrogen-bond donors (Lipinski definition) is 1. The van der Waals surface area contributed by atoms with Crippen molar-refractivity contribution in [2.24, 2.45) is 10.4 Å². The Hall–Kier alpha value is -0.710. The summed E-state index contributed by atoms with van der Waals surface area (Å²) < 4.78 is 0. The van der Waals surface area contributed by atoms with E-state index < -0.39 is 5.97 Å². The molecule has 0 aromatic rings. The predicted molar refractivity (Wildman–Crippen MR) is 51.6 cm³/mol. The van der Waals surface area contributed by atoms with E-state index in [0.717, 1.165) is 13.1 Å². The van der Waals surface area contributed by atoms with Crippen LogP contribution >= 0.6 is 11.8 Å². The number of carboxylic acids is 1. The SMILES string of the molecule is CC1(C)CN=C(SCC(=O)[O-])NC1. The third-order valence-corrected chi connectivity index (χ3v) is 2.62. The van der Waals surface area contributed by atoms with Crippen LogP contribution in [0.3, 0.4) is 0 Å². The van der Waals surface area contributed by atoms with Gasteiger partial charge in [0.05, 0.1) is 5.97 Å². The van der Waals surface area contributed by atoms with Crippen LogP contribution in [-0.2, 0) is 4.79 Å². The Kier molecular flexibility index (Phi) is 3.19. The first-order valence-corrected chi connectivity index (χ1v) is 5.09. The van der Waals surface area contributed by atoms with Crippen molar-refractivity contribution < 1.29 is 9.90 Å². The first-order chi connectivity index (χ1) is 5.99. The van der Waals surface area contributed by atoms with Crippen molar-refractivity contribution in [2.45, 2.75) is 13.8 Å². The fourth-order valence-corrected chi connectivity index (χ4v) is 1.52. The largest absolute Gasteiger partial charge is 0.549 e. The number of rotatable bonds is 2. The molecule has 74 valence electrons. The first kappa shape index (κ1) is 10.4. The van der Waals surface area contributed by atoms with Gasteiger partial charge in [0.2, 0.25) is 0 Å². The summed E-state index contributed by atoms with van der Waals surface area (Å²) in [7, 11) is 0. The molecular weight excluding hydrogens is 188 g/mol. The zero-order chi connectivity index (χ0) is 9.90. The molecule has 0 spiro atoms. The van der Waals surface area contributed by atoms with E-state index in [1.165, 1.54) is 11.8 Å². The lowest BCUT2D eigenvalue weighted by molar-refractivity contribution is -0.301. The summed E-state index contributed by atoms with van der Waals surface area (Å²) in [5.74, 6) is -1.09. The van der Waals surface area contributed by atoms with Crippen LogP contribution in [0.2, 0.25) is 0 Å². The Morgan fingerprint density at radius 2 is 2.46 bits per heavy atom. The number of thioether (sulfide) groups is 1. The van der Waals surface area contributed by atoms with E-state index in [1.54, 1.807) is 0 Å². The van der Waals surface area contributed by atoms with Gasteiger partial charge in [0.1, 0.15) is 0 Å². The smallest absolute Gasteiger partial charge is 0.156 e. The van der Waals surface area contributed by atoms with E-state index in [4.69, 9.17) is 0 Å². The molecule has 0 aromatic carbocycles. The highest BCUT2D eigenvalue weighted by atomic mass is 32.2. The normalized spacial score (nSPS) is 20.3. The molecule has 0 saturated heterocycles. The molecule has 13 heavy (non-hydrogen) atoms. The molecule has 0 atom stereocenters. The molecule has 0 saturated carbocycles. The van der Waals surface area contributed by atoms with E-state index >= 15 is 0 Å². The van der Waals surface area contributed by atoms with Gasteiger partial charge in [0.25, 0.3) is 0 Å². The van der Waals surface area contributed by atoms with Crippen molar-refractivity contribution in [2.75, 3.05) is 18.8 Å². The van der Waals surface area contributed by atoms with Gasteiger partial charge in [-0.3, -0.25) is 4.99 Å². The van der Waals surface area contributed by atoms with E-state index in [1.807, 2.05) is 0 Å². The van der Waals surface area contributed by atoms with Crippen LogP contribution in [0.25, 0.3) is 0 Å². The van der Waals surface area contributed by atoms with Crippen molar-refractivity contribution in [3.63, 3.8) is 0 Å². The summed E-state index contributed by atoms with van der Waals surface area (Å²) in [5.41, 5.74) is 0.172. The number of aliphatic carboxylic acids is 1. The summed E-state index contributed by atoms with van der Waals surface area (Å²) >= 11 is 1.18. The second kappa shape index (κ2) is 4.00. The number of amidine groups is 1. The maximum atomic E-state index is 10.2. The lowest BCUT2D eigenvalue weighted by Gasteiger charge is -2.28. The van der Waals surface area contributed by atoms with Crippen molar-refractivity contribution in [3.05, 3.63) is 0 Å². The summed E-state index contributed by atoms with van der Waals surface area (Å²) in [6.07, 6.45) is 0. The van der Waals surface area contributed by atoms with Crippen LogP contribution in [0, 0.1) is 5.41 Å². The molecule has 1 heterocycles. The number of carbonyl (C=O) groups excluding carboxylic acids is 1. The summed E-state index contributed by atoms with van der Waals surface area (Å²) in [4.78, 5) is 14.4. The molecule has 4 nitrogen and oxygen atoms in total. The molecule has 0 aromatic heterocycles. The molecule has 1 aliphatic heterocycles. The summed E-state index contributed by atoms with van der Waals surface area (Å²) in [6.45, 7) is 5.81. The second-order valence-corrected chi connectivity index (χ2v) is 4.76. The van der Waals surface area contributed by atoms with Crippen LogP contribution in [0.4, 0.5) is 0 Å². The molecule has 0 bridgehead atoms. The van der Waals surface area contributed by atoms with E-state index in [-0.39, 0.29) is 11.2 Å². The van der Waals surface area contributed by atoms with Gasteiger partial charge in [0, 0.05) is 24.3 Å². The number of carbonyl (C=O) groups is 1. The molecule has 1 aliphatic rings. The molecule has 0 radical (unpaired) electrons.